The maximum Gasteiger partial charge on any atom is 0.244 e. The van der Waals surface area contributed by atoms with Gasteiger partial charge >= 0.3 is 0 Å². The number of anilines is 3. The fourth-order valence-corrected chi connectivity index (χ4v) is 2.28. The molecule has 0 saturated heterocycles. The van der Waals surface area contributed by atoms with Crippen LogP contribution in [-0.4, -0.2) is 15.2 Å². The quantitative estimate of drug-likeness (QED) is 0.722. The Bertz CT molecular complexity index is 839. The van der Waals surface area contributed by atoms with Crippen molar-refractivity contribution in [3.63, 3.8) is 0 Å². The van der Waals surface area contributed by atoms with Crippen LogP contribution >= 0.6 is 11.6 Å². The van der Waals surface area contributed by atoms with Crippen LogP contribution in [0.3, 0.4) is 0 Å². The Labute approximate surface area is 143 Å². The molecule has 2 N–H and O–H groups in total. The third-order valence-corrected chi connectivity index (χ3v) is 3.86. The molecule has 0 amide bonds. The Kier molecular flexibility index (Phi) is 4.86. The van der Waals surface area contributed by atoms with Crippen molar-refractivity contribution in [3.05, 3.63) is 70.6 Å². The molecule has 0 unspecified atom stereocenters. The van der Waals surface area contributed by atoms with Crippen LogP contribution in [0, 0.1) is 12.7 Å². The van der Waals surface area contributed by atoms with Crippen molar-refractivity contribution in [2.24, 2.45) is 0 Å². The molecule has 0 saturated carbocycles. The molecule has 5 nitrogen and oxygen atoms in total. The molecule has 122 valence electrons. The van der Waals surface area contributed by atoms with Crippen LogP contribution in [0.25, 0.3) is 0 Å². The van der Waals surface area contributed by atoms with E-state index in [1.54, 1.807) is 12.1 Å². The number of nitrogens with one attached hydrogen (secondary N) is 2. The fraction of sp³-hybridized carbons (Fsp3) is 0.118. The Balaban J connectivity index is 1.69. The van der Waals surface area contributed by atoms with Crippen molar-refractivity contribution in [2.45, 2.75) is 13.5 Å². The highest BCUT2D eigenvalue weighted by Crippen LogP contribution is 2.25. The minimum Gasteiger partial charge on any atom is -0.349 e. The molecule has 1 heterocycles. The molecule has 0 aliphatic rings. The van der Waals surface area contributed by atoms with Crippen molar-refractivity contribution in [1.82, 2.24) is 15.2 Å². The van der Waals surface area contributed by atoms with Crippen LogP contribution in [-0.2, 0) is 6.54 Å². The van der Waals surface area contributed by atoms with Crippen molar-refractivity contribution < 1.29 is 4.39 Å². The van der Waals surface area contributed by atoms with Crippen LogP contribution in [0.1, 0.15) is 11.1 Å². The Morgan fingerprint density at radius 2 is 1.92 bits per heavy atom. The summed E-state index contributed by atoms with van der Waals surface area (Å²) in [5.74, 6) is 0.667. The van der Waals surface area contributed by atoms with Gasteiger partial charge in [-0.3, -0.25) is 0 Å². The largest absolute Gasteiger partial charge is 0.349 e. The van der Waals surface area contributed by atoms with Crippen LogP contribution in [0.2, 0.25) is 5.02 Å². The summed E-state index contributed by atoms with van der Waals surface area (Å²) in [6.07, 6.45) is 1.53. The number of aromatic nitrogens is 3. The zero-order valence-corrected chi connectivity index (χ0v) is 13.7. The molecule has 0 spiro atoms. The second-order valence-electron chi connectivity index (χ2n) is 5.18. The van der Waals surface area contributed by atoms with E-state index < -0.39 is 0 Å². The van der Waals surface area contributed by atoms with Crippen molar-refractivity contribution in [2.75, 3.05) is 10.6 Å². The summed E-state index contributed by atoms with van der Waals surface area (Å²) in [7, 11) is 0. The average Bonchev–Trinajstić information content (AvgIpc) is 2.59. The number of halogens is 2. The molecule has 24 heavy (non-hydrogen) atoms. The predicted octanol–water partition coefficient (Wildman–Crippen LogP) is 4.33. The highest BCUT2D eigenvalue weighted by molar-refractivity contribution is 6.31. The number of benzene rings is 2. The van der Waals surface area contributed by atoms with Gasteiger partial charge in [-0.1, -0.05) is 29.8 Å². The summed E-state index contributed by atoms with van der Waals surface area (Å²) < 4.78 is 12.9. The van der Waals surface area contributed by atoms with Gasteiger partial charge < -0.3 is 10.6 Å². The molecule has 3 rings (SSSR count). The van der Waals surface area contributed by atoms with Crippen LogP contribution in [0.5, 0.6) is 0 Å². The van der Waals surface area contributed by atoms with E-state index in [0.29, 0.717) is 23.3 Å². The highest BCUT2D eigenvalue weighted by atomic mass is 35.5. The molecule has 0 aliphatic heterocycles. The molecule has 0 radical (unpaired) electrons. The number of hydrogen-bond donors (Lipinski definition) is 2. The average molecular weight is 344 g/mol. The molecule has 0 aliphatic carbocycles. The standard InChI is InChI=1S/C17H15ClFN5/c1-11-14(18)3-2-4-15(11)22-16-10-21-24-17(23-16)20-9-12-5-7-13(19)8-6-12/h2-8,10H,9H2,1H3,(H2,20,22,23,24). The SMILES string of the molecule is Cc1c(Cl)cccc1Nc1cnnc(NCc2ccc(F)cc2)n1. The lowest BCUT2D eigenvalue weighted by Gasteiger charge is -2.10. The van der Waals surface area contributed by atoms with Crippen molar-refractivity contribution in [1.29, 1.82) is 0 Å². The van der Waals surface area contributed by atoms with Crippen LogP contribution < -0.4 is 10.6 Å². The second kappa shape index (κ2) is 7.23. The molecular formula is C17H15ClFN5. The van der Waals surface area contributed by atoms with Gasteiger partial charge in [0.05, 0.1) is 6.20 Å². The summed E-state index contributed by atoms with van der Waals surface area (Å²) in [5.41, 5.74) is 2.70. The normalized spacial score (nSPS) is 10.5. The zero-order valence-electron chi connectivity index (χ0n) is 12.9. The number of hydrogen-bond acceptors (Lipinski definition) is 5. The minimum absolute atomic E-state index is 0.264. The van der Waals surface area contributed by atoms with Gasteiger partial charge in [0.1, 0.15) is 5.82 Å². The molecule has 0 fully saturated rings. The van der Waals surface area contributed by atoms with E-state index in [1.165, 1.54) is 18.3 Å². The third-order valence-electron chi connectivity index (χ3n) is 3.45. The van der Waals surface area contributed by atoms with Gasteiger partial charge in [0.15, 0.2) is 5.82 Å². The summed E-state index contributed by atoms with van der Waals surface area (Å²) in [5, 5.41) is 14.8. The van der Waals surface area contributed by atoms with Crippen LogP contribution in [0.15, 0.2) is 48.7 Å². The second-order valence-corrected chi connectivity index (χ2v) is 5.59. The first-order chi connectivity index (χ1) is 11.6. The molecule has 7 heteroatoms. The maximum atomic E-state index is 12.9. The summed E-state index contributed by atoms with van der Waals surface area (Å²) in [6.45, 7) is 2.40. The molecular weight excluding hydrogens is 329 g/mol. The lowest BCUT2D eigenvalue weighted by Crippen LogP contribution is -2.06. The van der Waals surface area contributed by atoms with Gasteiger partial charge in [-0.25, -0.2) is 4.39 Å². The van der Waals surface area contributed by atoms with E-state index in [-0.39, 0.29) is 5.82 Å². The van der Waals surface area contributed by atoms with Gasteiger partial charge in [0.2, 0.25) is 5.95 Å². The summed E-state index contributed by atoms with van der Waals surface area (Å²) in [4.78, 5) is 4.36. The summed E-state index contributed by atoms with van der Waals surface area (Å²) >= 11 is 6.11. The van der Waals surface area contributed by atoms with E-state index in [2.05, 4.69) is 25.8 Å². The lowest BCUT2D eigenvalue weighted by molar-refractivity contribution is 0.627. The maximum absolute atomic E-state index is 12.9. The van der Waals surface area contributed by atoms with Crippen molar-refractivity contribution >= 4 is 29.1 Å². The molecule has 3 aromatic rings. The third kappa shape index (κ3) is 3.97. The minimum atomic E-state index is -0.264. The summed E-state index contributed by atoms with van der Waals surface area (Å²) in [6, 6.07) is 11.8. The highest BCUT2D eigenvalue weighted by Gasteiger charge is 2.05. The Morgan fingerprint density at radius 1 is 1.12 bits per heavy atom. The Hall–Kier alpha value is -2.73. The number of nitrogens with zero attached hydrogens (tertiary/aromatic N) is 3. The number of rotatable bonds is 5. The molecule has 2 aromatic carbocycles. The van der Waals surface area contributed by atoms with E-state index >= 15 is 0 Å². The first-order valence-electron chi connectivity index (χ1n) is 7.32. The van der Waals surface area contributed by atoms with Gasteiger partial charge in [-0.15, -0.1) is 5.10 Å². The Morgan fingerprint density at radius 3 is 2.71 bits per heavy atom. The van der Waals surface area contributed by atoms with E-state index in [0.717, 1.165) is 16.8 Å². The first-order valence-corrected chi connectivity index (χ1v) is 7.70. The zero-order chi connectivity index (χ0) is 16.9. The van der Waals surface area contributed by atoms with E-state index in [4.69, 9.17) is 11.6 Å². The van der Waals surface area contributed by atoms with Gasteiger partial charge in [-0.05, 0) is 42.3 Å². The van der Waals surface area contributed by atoms with Gasteiger partial charge in [-0.2, -0.15) is 10.1 Å². The van der Waals surface area contributed by atoms with Gasteiger partial charge in [0, 0.05) is 17.3 Å². The van der Waals surface area contributed by atoms with Crippen LogP contribution in [0.4, 0.5) is 21.8 Å². The molecule has 1 aromatic heterocycles. The topological polar surface area (TPSA) is 62.7 Å². The van der Waals surface area contributed by atoms with Crippen molar-refractivity contribution in [3.8, 4) is 0 Å². The predicted molar refractivity (Wildman–Crippen MR) is 93.0 cm³/mol. The van der Waals surface area contributed by atoms with E-state index in [1.807, 2.05) is 25.1 Å². The lowest BCUT2D eigenvalue weighted by atomic mass is 10.2. The monoisotopic (exact) mass is 343 g/mol. The first kappa shape index (κ1) is 16.1. The van der Waals surface area contributed by atoms with E-state index in [9.17, 15) is 4.39 Å². The molecule has 0 atom stereocenters. The fourth-order valence-electron chi connectivity index (χ4n) is 2.10. The molecule has 0 bridgehead atoms. The smallest absolute Gasteiger partial charge is 0.244 e. The van der Waals surface area contributed by atoms with Gasteiger partial charge in [0.25, 0.3) is 0 Å².